The summed E-state index contributed by atoms with van der Waals surface area (Å²) in [7, 11) is 0. The molecule has 0 atom stereocenters. The fourth-order valence-electron chi connectivity index (χ4n) is 5.72. The molecule has 2 nitrogen and oxygen atoms in total. The minimum Gasteiger partial charge on any atom is -0.298 e. The molecule has 0 aromatic heterocycles. The number of carbonyl (C=O) groups is 2. The van der Waals surface area contributed by atoms with E-state index in [1.54, 1.807) is 0 Å². The first-order chi connectivity index (χ1) is 17.8. The van der Waals surface area contributed by atoms with Gasteiger partial charge in [0, 0.05) is 11.1 Å². The van der Waals surface area contributed by atoms with Crippen LogP contribution < -0.4 is 0 Å². The third kappa shape index (κ3) is 2.91. The van der Waals surface area contributed by atoms with Crippen molar-refractivity contribution in [2.24, 2.45) is 0 Å². The molecule has 8 rings (SSSR count). The van der Waals surface area contributed by atoms with Crippen molar-refractivity contribution in [2.45, 2.75) is 0 Å². The zero-order valence-corrected chi connectivity index (χ0v) is 19.4. The Morgan fingerprint density at radius 3 is 1.00 bits per heavy atom. The van der Waals surface area contributed by atoms with E-state index in [4.69, 9.17) is 0 Å². The standard InChI is InChI=1S/2C17H10O/c2*18-10-14-7-6-13-5-4-11-2-1-3-12-8-9-15(14)17(13)16(11)12/h2*1-10H. The summed E-state index contributed by atoms with van der Waals surface area (Å²) in [6.07, 6.45) is 1.87. The molecule has 0 amide bonds. The van der Waals surface area contributed by atoms with Gasteiger partial charge in [-0.15, -0.1) is 0 Å². The van der Waals surface area contributed by atoms with Gasteiger partial charge in [-0.1, -0.05) is 109 Å². The van der Waals surface area contributed by atoms with Gasteiger partial charge in [0.1, 0.15) is 0 Å². The SMILES string of the molecule is O=Cc1ccc2ccc3cccc4ccc1c2c34.O=Cc1ccc2ccc3cccc4ccc1c2c34. The molecule has 36 heavy (non-hydrogen) atoms. The minimum absolute atomic E-state index is 0.765. The summed E-state index contributed by atoms with van der Waals surface area (Å²) in [4.78, 5) is 22.3. The second kappa shape index (κ2) is 7.86. The van der Waals surface area contributed by atoms with E-state index in [9.17, 15) is 9.59 Å². The third-order valence-electron chi connectivity index (χ3n) is 7.38. The number of hydrogen-bond donors (Lipinski definition) is 0. The fraction of sp³-hybridized carbons (Fsp3) is 0. The summed E-state index contributed by atoms with van der Waals surface area (Å²) >= 11 is 0. The normalized spacial score (nSPS) is 11.6. The monoisotopic (exact) mass is 460 g/mol. The van der Waals surface area contributed by atoms with Gasteiger partial charge in [-0.3, -0.25) is 9.59 Å². The largest absolute Gasteiger partial charge is 0.298 e. The molecule has 0 saturated carbocycles. The van der Waals surface area contributed by atoms with Crippen LogP contribution in [0.2, 0.25) is 0 Å². The van der Waals surface area contributed by atoms with E-state index in [1.807, 2.05) is 36.4 Å². The average molecular weight is 461 g/mol. The Kier molecular flexibility index (Phi) is 4.49. The molecule has 0 N–H and O–H groups in total. The van der Waals surface area contributed by atoms with E-state index in [1.165, 1.54) is 53.9 Å². The Bertz CT molecular complexity index is 1900. The van der Waals surface area contributed by atoms with Crippen molar-refractivity contribution >= 4 is 77.2 Å². The van der Waals surface area contributed by atoms with Gasteiger partial charge in [-0.25, -0.2) is 0 Å². The molecular weight excluding hydrogens is 440 g/mol. The number of hydrogen-bond acceptors (Lipinski definition) is 2. The second-order valence-electron chi connectivity index (χ2n) is 9.26. The van der Waals surface area contributed by atoms with Gasteiger partial charge in [0.15, 0.2) is 12.6 Å². The van der Waals surface area contributed by atoms with E-state index in [2.05, 4.69) is 72.8 Å². The summed E-state index contributed by atoms with van der Waals surface area (Å²) in [5.41, 5.74) is 1.53. The zero-order chi connectivity index (χ0) is 24.2. The maximum Gasteiger partial charge on any atom is 0.150 e. The number of benzene rings is 8. The van der Waals surface area contributed by atoms with Crippen molar-refractivity contribution in [1.29, 1.82) is 0 Å². The quantitative estimate of drug-likeness (QED) is 0.191. The molecule has 168 valence electrons. The lowest BCUT2D eigenvalue weighted by atomic mass is 9.92. The van der Waals surface area contributed by atoms with Crippen molar-refractivity contribution < 1.29 is 9.59 Å². The lowest BCUT2D eigenvalue weighted by Crippen LogP contribution is -1.87. The van der Waals surface area contributed by atoms with Crippen LogP contribution in [-0.2, 0) is 0 Å². The van der Waals surface area contributed by atoms with Crippen LogP contribution in [-0.4, -0.2) is 12.6 Å². The molecule has 0 aliphatic carbocycles. The molecule has 0 aliphatic heterocycles. The number of aldehydes is 2. The van der Waals surface area contributed by atoms with Crippen LogP contribution in [0.5, 0.6) is 0 Å². The van der Waals surface area contributed by atoms with Crippen molar-refractivity contribution in [2.75, 3.05) is 0 Å². The third-order valence-corrected chi connectivity index (χ3v) is 7.38. The molecule has 8 aromatic carbocycles. The van der Waals surface area contributed by atoms with Crippen LogP contribution in [0.4, 0.5) is 0 Å². The van der Waals surface area contributed by atoms with Crippen LogP contribution in [0.15, 0.2) is 109 Å². The van der Waals surface area contributed by atoms with Gasteiger partial charge < -0.3 is 0 Å². The highest BCUT2D eigenvalue weighted by Crippen LogP contribution is 2.36. The van der Waals surface area contributed by atoms with Crippen LogP contribution in [0.1, 0.15) is 20.7 Å². The summed E-state index contributed by atoms with van der Waals surface area (Å²) in [5, 5.41) is 14.3. The van der Waals surface area contributed by atoms with E-state index in [0.29, 0.717) is 0 Å². The number of carbonyl (C=O) groups excluding carboxylic acids is 2. The summed E-state index contributed by atoms with van der Waals surface area (Å²) < 4.78 is 0. The van der Waals surface area contributed by atoms with E-state index < -0.39 is 0 Å². The first-order valence-electron chi connectivity index (χ1n) is 12.0. The van der Waals surface area contributed by atoms with Gasteiger partial charge >= 0.3 is 0 Å². The molecule has 2 heteroatoms. The van der Waals surface area contributed by atoms with Crippen LogP contribution in [0, 0.1) is 0 Å². The molecule has 0 aliphatic rings. The smallest absolute Gasteiger partial charge is 0.150 e. The topological polar surface area (TPSA) is 34.1 Å². The first kappa shape index (κ1) is 20.5. The van der Waals surface area contributed by atoms with Crippen molar-refractivity contribution in [1.82, 2.24) is 0 Å². The Hall–Kier alpha value is -4.82. The van der Waals surface area contributed by atoms with E-state index >= 15 is 0 Å². The summed E-state index contributed by atoms with van der Waals surface area (Å²) in [5.74, 6) is 0. The predicted octanol–water partition coefficient (Wildman–Crippen LogP) is 8.79. The average Bonchev–Trinajstić information content (AvgIpc) is 2.95. The van der Waals surface area contributed by atoms with E-state index in [-0.39, 0.29) is 0 Å². The first-order valence-corrected chi connectivity index (χ1v) is 12.0. The molecular formula is C34H20O2. The molecule has 0 saturated heterocycles. The van der Waals surface area contributed by atoms with Crippen LogP contribution in [0.3, 0.4) is 0 Å². The molecule has 8 aromatic rings. The maximum absolute atomic E-state index is 11.2. The highest BCUT2D eigenvalue weighted by Gasteiger charge is 2.11. The zero-order valence-electron chi connectivity index (χ0n) is 19.4. The molecule has 0 bridgehead atoms. The Balaban J connectivity index is 0.000000122. The van der Waals surface area contributed by atoms with Gasteiger partial charge in [0.25, 0.3) is 0 Å². The summed E-state index contributed by atoms with van der Waals surface area (Å²) in [6.45, 7) is 0. The summed E-state index contributed by atoms with van der Waals surface area (Å²) in [6, 6.07) is 37.3. The molecule has 0 fully saturated rings. The van der Waals surface area contributed by atoms with Crippen molar-refractivity contribution in [3.8, 4) is 0 Å². The van der Waals surface area contributed by atoms with Crippen molar-refractivity contribution in [3.05, 3.63) is 120 Å². The highest BCUT2D eigenvalue weighted by molar-refractivity contribution is 6.26. The lowest BCUT2D eigenvalue weighted by Gasteiger charge is -2.11. The Labute approximate surface area is 207 Å². The van der Waals surface area contributed by atoms with Crippen LogP contribution >= 0.6 is 0 Å². The highest BCUT2D eigenvalue weighted by atomic mass is 16.1. The van der Waals surface area contributed by atoms with Gasteiger partial charge in [-0.2, -0.15) is 0 Å². The van der Waals surface area contributed by atoms with E-state index in [0.717, 1.165) is 34.5 Å². The van der Waals surface area contributed by atoms with Gasteiger partial charge in [-0.05, 0) is 64.6 Å². The molecule has 0 heterocycles. The molecule has 0 radical (unpaired) electrons. The molecule has 0 unspecified atom stereocenters. The lowest BCUT2D eigenvalue weighted by molar-refractivity contribution is 0.111. The predicted molar refractivity (Wildman–Crippen MR) is 151 cm³/mol. The maximum atomic E-state index is 11.2. The minimum atomic E-state index is 0.765. The van der Waals surface area contributed by atoms with Gasteiger partial charge in [0.05, 0.1) is 0 Å². The van der Waals surface area contributed by atoms with Crippen LogP contribution in [0.25, 0.3) is 64.6 Å². The Morgan fingerprint density at radius 2 is 0.639 bits per heavy atom. The Morgan fingerprint density at radius 1 is 0.333 bits per heavy atom. The fourth-order valence-corrected chi connectivity index (χ4v) is 5.72. The van der Waals surface area contributed by atoms with Gasteiger partial charge in [0.2, 0.25) is 0 Å². The van der Waals surface area contributed by atoms with Crippen molar-refractivity contribution in [3.63, 3.8) is 0 Å². The number of rotatable bonds is 2. The second-order valence-corrected chi connectivity index (χ2v) is 9.26. The molecule has 0 spiro atoms.